The molecule has 1 fully saturated rings. The lowest BCUT2D eigenvalue weighted by molar-refractivity contribution is 0.0656. The molecular weight excluding hydrogens is 252 g/mol. The first-order valence-corrected chi connectivity index (χ1v) is 7.37. The number of carbonyl (C=O) groups is 1. The van der Waals surface area contributed by atoms with Crippen LogP contribution >= 0.6 is 0 Å². The van der Waals surface area contributed by atoms with Gasteiger partial charge in [0.1, 0.15) is 0 Å². The Morgan fingerprint density at radius 1 is 1.40 bits per heavy atom. The van der Waals surface area contributed by atoms with Crippen molar-refractivity contribution in [1.29, 1.82) is 0 Å². The summed E-state index contributed by atoms with van der Waals surface area (Å²) in [4.78, 5) is 12.1. The molecule has 4 nitrogen and oxygen atoms in total. The van der Waals surface area contributed by atoms with Crippen molar-refractivity contribution in [3.63, 3.8) is 0 Å². The maximum absolute atomic E-state index is 12.1. The molecule has 0 bridgehead atoms. The Balaban J connectivity index is 1.86. The van der Waals surface area contributed by atoms with Crippen LogP contribution in [-0.2, 0) is 11.3 Å². The number of hydrogen-bond donors (Lipinski definition) is 2. The van der Waals surface area contributed by atoms with Crippen molar-refractivity contribution in [1.82, 2.24) is 10.6 Å². The number of piperidine rings is 1. The Bertz CT molecular complexity index is 423. The second-order valence-electron chi connectivity index (χ2n) is 5.57. The average molecular weight is 276 g/mol. The largest absolute Gasteiger partial charge is 0.374 e. The van der Waals surface area contributed by atoms with Crippen molar-refractivity contribution in [2.75, 3.05) is 13.1 Å². The van der Waals surface area contributed by atoms with Crippen LogP contribution in [0.3, 0.4) is 0 Å². The SMILES string of the molecule is CC(C)OCc1ccc(C(=O)N[C@H]2CCCNC2)cc1. The van der Waals surface area contributed by atoms with Gasteiger partial charge in [-0.1, -0.05) is 12.1 Å². The van der Waals surface area contributed by atoms with Crippen LogP contribution in [0.1, 0.15) is 42.6 Å². The molecule has 20 heavy (non-hydrogen) atoms. The molecule has 4 heteroatoms. The van der Waals surface area contributed by atoms with Gasteiger partial charge in [0.25, 0.3) is 5.91 Å². The van der Waals surface area contributed by atoms with Gasteiger partial charge in [0.15, 0.2) is 0 Å². The summed E-state index contributed by atoms with van der Waals surface area (Å²) in [6.07, 6.45) is 2.40. The summed E-state index contributed by atoms with van der Waals surface area (Å²) >= 11 is 0. The van der Waals surface area contributed by atoms with Crippen LogP contribution in [0.5, 0.6) is 0 Å². The molecule has 1 aliphatic heterocycles. The van der Waals surface area contributed by atoms with Gasteiger partial charge < -0.3 is 15.4 Å². The van der Waals surface area contributed by atoms with Gasteiger partial charge in [-0.25, -0.2) is 0 Å². The fourth-order valence-electron chi connectivity index (χ4n) is 2.26. The maximum atomic E-state index is 12.1. The highest BCUT2D eigenvalue weighted by Gasteiger charge is 2.16. The molecule has 1 saturated heterocycles. The number of ether oxygens (including phenoxy) is 1. The molecule has 0 aliphatic carbocycles. The van der Waals surface area contributed by atoms with Crippen LogP contribution in [-0.4, -0.2) is 31.1 Å². The van der Waals surface area contributed by atoms with E-state index in [1.54, 1.807) is 0 Å². The second-order valence-corrected chi connectivity index (χ2v) is 5.57. The van der Waals surface area contributed by atoms with E-state index >= 15 is 0 Å². The molecule has 2 rings (SSSR count). The molecule has 0 spiro atoms. The minimum Gasteiger partial charge on any atom is -0.374 e. The smallest absolute Gasteiger partial charge is 0.251 e. The van der Waals surface area contributed by atoms with Crippen molar-refractivity contribution in [2.45, 2.75) is 45.4 Å². The fraction of sp³-hybridized carbons (Fsp3) is 0.562. The third-order valence-corrected chi connectivity index (χ3v) is 3.43. The Labute approximate surface area is 120 Å². The monoisotopic (exact) mass is 276 g/mol. The molecule has 110 valence electrons. The highest BCUT2D eigenvalue weighted by molar-refractivity contribution is 5.94. The van der Waals surface area contributed by atoms with Gasteiger partial charge in [0.05, 0.1) is 12.7 Å². The lowest BCUT2D eigenvalue weighted by Crippen LogP contribution is -2.45. The Hall–Kier alpha value is -1.39. The fourth-order valence-corrected chi connectivity index (χ4v) is 2.26. The van der Waals surface area contributed by atoms with Gasteiger partial charge in [-0.15, -0.1) is 0 Å². The second kappa shape index (κ2) is 7.41. The summed E-state index contributed by atoms with van der Waals surface area (Å²) in [5.41, 5.74) is 1.80. The Kier molecular flexibility index (Phi) is 5.56. The van der Waals surface area contributed by atoms with Crippen molar-refractivity contribution in [3.8, 4) is 0 Å². The van der Waals surface area contributed by atoms with E-state index in [2.05, 4.69) is 10.6 Å². The predicted octanol–water partition coefficient (Wildman–Crippen LogP) is 2.09. The van der Waals surface area contributed by atoms with Gasteiger partial charge in [-0.2, -0.15) is 0 Å². The quantitative estimate of drug-likeness (QED) is 0.866. The molecule has 1 aromatic carbocycles. The summed E-state index contributed by atoms with van der Waals surface area (Å²) in [5, 5.41) is 6.37. The van der Waals surface area contributed by atoms with Gasteiger partial charge in [-0.3, -0.25) is 4.79 Å². The molecule has 1 aromatic rings. The van der Waals surface area contributed by atoms with Crippen LogP contribution in [0.25, 0.3) is 0 Å². The molecule has 1 heterocycles. The molecule has 0 radical (unpaired) electrons. The van der Waals surface area contributed by atoms with Crippen molar-refractivity contribution < 1.29 is 9.53 Å². The minimum atomic E-state index is 0.00929. The molecule has 1 atom stereocenters. The molecule has 0 saturated carbocycles. The summed E-state index contributed by atoms with van der Waals surface area (Å²) in [6, 6.07) is 7.89. The number of amides is 1. The highest BCUT2D eigenvalue weighted by atomic mass is 16.5. The minimum absolute atomic E-state index is 0.00929. The number of hydrogen-bond acceptors (Lipinski definition) is 3. The van der Waals surface area contributed by atoms with Crippen LogP contribution in [0, 0.1) is 0 Å². The van der Waals surface area contributed by atoms with E-state index < -0.39 is 0 Å². The summed E-state index contributed by atoms with van der Waals surface area (Å²) in [7, 11) is 0. The molecule has 0 unspecified atom stereocenters. The normalized spacial score (nSPS) is 19.1. The third-order valence-electron chi connectivity index (χ3n) is 3.43. The first-order valence-electron chi connectivity index (χ1n) is 7.37. The zero-order valence-electron chi connectivity index (χ0n) is 12.3. The van der Waals surface area contributed by atoms with Crippen LogP contribution in [0.15, 0.2) is 24.3 Å². The Morgan fingerprint density at radius 2 is 2.15 bits per heavy atom. The van der Waals surface area contributed by atoms with Gasteiger partial charge in [0, 0.05) is 18.2 Å². The van der Waals surface area contributed by atoms with E-state index in [-0.39, 0.29) is 18.1 Å². The lowest BCUT2D eigenvalue weighted by atomic mass is 10.1. The van der Waals surface area contributed by atoms with E-state index in [0.29, 0.717) is 12.2 Å². The number of nitrogens with one attached hydrogen (secondary N) is 2. The average Bonchev–Trinajstić information content (AvgIpc) is 2.46. The topological polar surface area (TPSA) is 50.4 Å². The first-order chi connectivity index (χ1) is 9.65. The van der Waals surface area contributed by atoms with Gasteiger partial charge in [-0.05, 0) is 50.9 Å². The van der Waals surface area contributed by atoms with E-state index in [1.807, 2.05) is 38.1 Å². The summed E-state index contributed by atoms with van der Waals surface area (Å²) in [6.45, 7) is 6.54. The number of carbonyl (C=O) groups excluding carboxylic acids is 1. The predicted molar refractivity (Wildman–Crippen MR) is 79.7 cm³/mol. The molecule has 0 aromatic heterocycles. The molecule has 2 N–H and O–H groups in total. The standard InChI is InChI=1S/C16H24N2O2/c1-12(2)20-11-13-5-7-14(8-6-13)16(19)18-15-4-3-9-17-10-15/h5-8,12,15,17H,3-4,9-11H2,1-2H3,(H,18,19)/t15-/m0/s1. The van der Waals surface area contributed by atoms with Crippen LogP contribution < -0.4 is 10.6 Å². The Morgan fingerprint density at radius 3 is 2.75 bits per heavy atom. The summed E-state index contributed by atoms with van der Waals surface area (Å²) < 4.78 is 5.54. The third kappa shape index (κ3) is 4.62. The molecular formula is C16H24N2O2. The lowest BCUT2D eigenvalue weighted by Gasteiger charge is -2.23. The zero-order valence-corrected chi connectivity index (χ0v) is 12.3. The van der Waals surface area contributed by atoms with E-state index in [9.17, 15) is 4.79 Å². The van der Waals surface area contributed by atoms with E-state index in [0.717, 1.165) is 31.5 Å². The number of benzene rings is 1. The highest BCUT2D eigenvalue weighted by Crippen LogP contribution is 2.08. The van der Waals surface area contributed by atoms with Gasteiger partial charge in [0.2, 0.25) is 0 Å². The van der Waals surface area contributed by atoms with E-state index in [4.69, 9.17) is 4.74 Å². The van der Waals surface area contributed by atoms with E-state index in [1.165, 1.54) is 0 Å². The summed E-state index contributed by atoms with van der Waals surface area (Å²) in [5.74, 6) is 0.00929. The first kappa shape index (κ1) is 15.0. The van der Waals surface area contributed by atoms with Crippen molar-refractivity contribution in [2.24, 2.45) is 0 Å². The maximum Gasteiger partial charge on any atom is 0.251 e. The zero-order chi connectivity index (χ0) is 14.4. The number of rotatable bonds is 5. The van der Waals surface area contributed by atoms with Crippen molar-refractivity contribution >= 4 is 5.91 Å². The van der Waals surface area contributed by atoms with Crippen LogP contribution in [0.2, 0.25) is 0 Å². The molecule has 1 amide bonds. The van der Waals surface area contributed by atoms with Crippen LogP contribution in [0.4, 0.5) is 0 Å². The van der Waals surface area contributed by atoms with Gasteiger partial charge >= 0.3 is 0 Å². The van der Waals surface area contributed by atoms with Crippen molar-refractivity contribution in [3.05, 3.63) is 35.4 Å². The molecule has 1 aliphatic rings.